The number of rotatable bonds is 14. The molecule has 2 saturated carbocycles. The van der Waals surface area contributed by atoms with Crippen LogP contribution in [0.4, 0.5) is 4.79 Å². The summed E-state index contributed by atoms with van der Waals surface area (Å²) < 4.78 is 11.8. The van der Waals surface area contributed by atoms with Gasteiger partial charge in [0, 0.05) is 17.5 Å². The molecule has 0 radical (unpaired) electrons. The Morgan fingerprint density at radius 1 is 0.905 bits per heavy atom. The summed E-state index contributed by atoms with van der Waals surface area (Å²) in [7, 11) is 0. The maximum atomic E-state index is 13.6. The molecule has 2 aliphatic carbocycles. The molecule has 0 spiro atoms. The van der Waals surface area contributed by atoms with Crippen LogP contribution in [0.25, 0.3) is 0 Å². The quantitative estimate of drug-likeness (QED) is 0.197. The van der Waals surface area contributed by atoms with Crippen molar-refractivity contribution >= 4 is 17.9 Å². The second kappa shape index (κ2) is 14.7. The molecule has 4 N–H and O–H groups in total. The van der Waals surface area contributed by atoms with Gasteiger partial charge in [-0.15, -0.1) is 0 Å². The van der Waals surface area contributed by atoms with Crippen LogP contribution < -0.4 is 11.1 Å². The van der Waals surface area contributed by atoms with E-state index in [0.717, 1.165) is 70.6 Å². The Hall–Kier alpha value is -1.87. The van der Waals surface area contributed by atoms with Crippen LogP contribution in [-0.4, -0.2) is 64.0 Å². The molecule has 9 heteroatoms. The molecule has 0 aromatic carbocycles. The summed E-state index contributed by atoms with van der Waals surface area (Å²) in [6, 6.07) is -0.516. The van der Waals surface area contributed by atoms with Crippen LogP contribution in [0.3, 0.4) is 0 Å². The van der Waals surface area contributed by atoms with Crippen molar-refractivity contribution in [3.63, 3.8) is 0 Å². The summed E-state index contributed by atoms with van der Waals surface area (Å²) in [6.07, 6.45) is 15.7. The topological polar surface area (TPSA) is 131 Å². The van der Waals surface area contributed by atoms with Gasteiger partial charge in [-0.3, -0.25) is 9.59 Å². The summed E-state index contributed by atoms with van der Waals surface area (Å²) in [5.74, 6) is -3.24. The number of nitrogens with zero attached hydrogens (tertiary/aromatic N) is 1. The van der Waals surface area contributed by atoms with Gasteiger partial charge >= 0.3 is 12.0 Å². The van der Waals surface area contributed by atoms with Crippen molar-refractivity contribution in [2.75, 3.05) is 13.2 Å². The highest BCUT2D eigenvalue weighted by Gasteiger charge is 2.56. The van der Waals surface area contributed by atoms with Crippen molar-refractivity contribution in [1.29, 1.82) is 0 Å². The first kappa shape index (κ1) is 34.6. The van der Waals surface area contributed by atoms with Crippen LogP contribution in [-0.2, 0) is 19.1 Å². The van der Waals surface area contributed by atoms with E-state index in [0.29, 0.717) is 19.4 Å². The number of carbonyl (C=O) groups is 3. The number of amides is 3. The van der Waals surface area contributed by atoms with Gasteiger partial charge in [-0.2, -0.15) is 0 Å². The first-order chi connectivity index (χ1) is 19.8. The minimum atomic E-state index is -0.999. The average molecular weight is 594 g/mol. The molecule has 0 bridgehead atoms. The lowest BCUT2D eigenvalue weighted by molar-refractivity contribution is -0.304. The predicted octanol–water partition coefficient (Wildman–Crippen LogP) is 6.52. The Bertz CT molecular complexity index is 907. The highest BCUT2D eigenvalue weighted by atomic mass is 16.7. The maximum Gasteiger partial charge on any atom is 0.315 e. The number of urea groups is 1. The minimum Gasteiger partial charge on any atom is -0.481 e. The number of hydrogen-bond acceptors (Lipinski definition) is 5. The number of aliphatic carboxylic acids is 1. The van der Waals surface area contributed by atoms with Gasteiger partial charge in [0.25, 0.3) is 0 Å². The second-order valence-electron chi connectivity index (χ2n) is 14.5. The zero-order chi connectivity index (χ0) is 31.0. The minimum absolute atomic E-state index is 0.0811. The second-order valence-corrected chi connectivity index (χ2v) is 14.5. The number of carboxylic acid groups (broad SMARTS) is 1. The number of unbranched alkanes of at least 4 members (excludes halogenated alkanes) is 5. The number of carboxylic acids is 1. The molecule has 3 fully saturated rings. The van der Waals surface area contributed by atoms with Crippen LogP contribution in [0.15, 0.2) is 0 Å². The Labute approximate surface area is 254 Å². The van der Waals surface area contributed by atoms with E-state index in [1.165, 1.54) is 25.7 Å². The fraction of sp³-hybridized carbons (Fsp3) is 0.909. The van der Waals surface area contributed by atoms with Crippen molar-refractivity contribution in [2.24, 2.45) is 17.1 Å². The smallest absolute Gasteiger partial charge is 0.315 e. The summed E-state index contributed by atoms with van der Waals surface area (Å²) in [4.78, 5) is 42.1. The molecule has 9 nitrogen and oxygen atoms in total. The normalized spacial score (nSPS) is 25.2. The van der Waals surface area contributed by atoms with Crippen molar-refractivity contribution < 1.29 is 29.0 Å². The lowest BCUT2D eigenvalue weighted by Gasteiger charge is -2.58. The van der Waals surface area contributed by atoms with Crippen LogP contribution in [0.1, 0.15) is 144 Å². The summed E-state index contributed by atoms with van der Waals surface area (Å²) in [5.41, 5.74) is 4.31. The van der Waals surface area contributed by atoms with Crippen LogP contribution >= 0.6 is 0 Å². The van der Waals surface area contributed by atoms with Gasteiger partial charge in [-0.25, -0.2) is 4.79 Å². The van der Waals surface area contributed by atoms with Crippen LogP contribution in [0, 0.1) is 11.3 Å². The molecule has 1 saturated heterocycles. The van der Waals surface area contributed by atoms with E-state index < -0.39 is 46.3 Å². The lowest BCUT2D eigenvalue weighted by atomic mass is 9.66. The van der Waals surface area contributed by atoms with Crippen LogP contribution in [0.5, 0.6) is 0 Å². The number of primary amides is 1. The van der Waals surface area contributed by atoms with Crippen LogP contribution in [0.2, 0.25) is 0 Å². The molecular weight excluding hydrogens is 534 g/mol. The molecule has 42 heavy (non-hydrogen) atoms. The number of ether oxygens (including phenoxy) is 2. The third kappa shape index (κ3) is 8.19. The fourth-order valence-electron chi connectivity index (χ4n) is 7.97. The Balaban J connectivity index is 1.91. The number of nitrogens with two attached hydrogens (primary N) is 1. The highest BCUT2D eigenvalue weighted by Crippen LogP contribution is 2.49. The van der Waals surface area contributed by atoms with Crippen molar-refractivity contribution in [1.82, 2.24) is 10.2 Å². The first-order valence-corrected chi connectivity index (χ1v) is 16.7. The SMILES string of the molecule is CCCCCCCCC1(N(C(N)=O)C2(C(CNC(=O)C3OC(C)(C)OCC3(C)C)C(=O)O)CCCCC2)CCCCC1. The Morgan fingerprint density at radius 2 is 1.48 bits per heavy atom. The van der Waals surface area contributed by atoms with E-state index in [1.807, 2.05) is 18.7 Å². The van der Waals surface area contributed by atoms with Gasteiger partial charge in [0.2, 0.25) is 5.91 Å². The number of carbonyl (C=O) groups excluding carboxylic acids is 2. The Morgan fingerprint density at radius 3 is 2.05 bits per heavy atom. The van der Waals surface area contributed by atoms with Gasteiger partial charge in [-0.05, 0) is 46.0 Å². The molecule has 1 aliphatic heterocycles. The third-order valence-electron chi connectivity index (χ3n) is 10.2. The van der Waals surface area contributed by atoms with Gasteiger partial charge in [0.05, 0.1) is 18.1 Å². The summed E-state index contributed by atoms with van der Waals surface area (Å²) in [6.45, 7) is 9.85. The summed E-state index contributed by atoms with van der Waals surface area (Å²) in [5, 5.41) is 13.7. The fourth-order valence-corrected chi connectivity index (χ4v) is 7.97. The molecule has 3 aliphatic rings. The van der Waals surface area contributed by atoms with E-state index in [4.69, 9.17) is 15.2 Å². The van der Waals surface area contributed by atoms with Gasteiger partial charge in [-0.1, -0.05) is 97.8 Å². The number of nitrogens with one attached hydrogen (secondary N) is 1. The molecule has 3 amide bonds. The van der Waals surface area contributed by atoms with E-state index >= 15 is 0 Å². The largest absolute Gasteiger partial charge is 0.481 e. The first-order valence-electron chi connectivity index (χ1n) is 16.7. The highest BCUT2D eigenvalue weighted by molar-refractivity contribution is 5.83. The molecule has 0 aromatic heterocycles. The molecule has 0 aromatic rings. The monoisotopic (exact) mass is 593 g/mol. The van der Waals surface area contributed by atoms with Crippen molar-refractivity contribution in [2.45, 2.75) is 167 Å². The molecule has 2 unspecified atom stereocenters. The molecule has 2 atom stereocenters. The third-order valence-corrected chi connectivity index (χ3v) is 10.2. The summed E-state index contributed by atoms with van der Waals surface area (Å²) >= 11 is 0. The number of hydrogen-bond donors (Lipinski definition) is 3. The maximum absolute atomic E-state index is 13.6. The lowest BCUT2D eigenvalue weighted by Crippen LogP contribution is -2.70. The molecule has 3 rings (SSSR count). The van der Waals surface area contributed by atoms with E-state index in [1.54, 1.807) is 13.8 Å². The molecule has 242 valence electrons. The standard InChI is InChI=1S/C33H59N3O6/c1-6-7-8-9-10-13-18-32(19-14-11-15-20-32)36(29(34)40)33(21-16-12-17-22-33)25(28(38)39)23-35-27(37)26-30(2,3)24-41-31(4,5)42-26/h25-26H,6-24H2,1-5H3,(H2,34,40)(H,35,37)(H,38,39). The van der Waals surface area contributed by atoms with Gasteiger partial charge in [0.1, 0.15) is 6.10 Å². The van der Waals surface area contributed by atoms with E-state index in [2.05, 4.69) is 12.2 Å². The molecule has 1 heterocycles. The van der Waals surface area contributed by atoms with Gasteiger partial charge < -0.3 is 30.5 Å². The van der Waals surface area contributed by atoms with E-state index in [9.17, 15) is 19.5 Å². The van der Waals surface area contributed by atoms with Gasteiger partial charge in [0.15, 0.2) is 5.79 Å². The zero-order valence-electron chi connectivity index (χ0n) is 27.1. The predicted molar refractivity (Wildman–Crippen MR) is 164 cm³/mol. The zero-order valence-corrected chi connectivity index (χ0v) is 27.1. The van der Waals surface area contributed by atoms with Crippen molar-refractivity contribution in [3.05, 3.63) is 0 Å². The average Bonchev–Trinajstić information content (AvgIpc) is 2.93. The van der Waals surface area contributed by atoms with E-state index in [-0.39, 0.29) is 12.5 Å². The van der Waals surface area contributed by atoms with Crippen molar-refractivity contribution in [3.8, 4) is 0 Å². The Kier molecular flexibility index (Phi) is 12.1. The molecular formula is C33H59N3O6.